The Labute approximate surface area is 162 Å². The summed E-state index contributed by atoms with van der Waals surface area (Å²) in [5.74, 6) is 0.176. The van der Waals surface area contributed by atoms with Gasteiger partial charge in [-0.3, -0.25) is 0 Å². The van der Waals surface area contributed by atoms with E-state index in [1.807, 2.05) is 14.0 Å². The van der Waals surface area contributed by atoms with Crippen molar-refractivity contribution in [3.63, 3.8) is 0 Å². The number of aromatic nitrogens is 2. The minimum absolute atomic E-state index is 0.138. The Morgan fingerprint density at radius 3 is 2.70 bits per heavy atom. The number of hydrogen-bond donors (Lipinski definition) is 0. The average Bonchev–Trinajstić information content (AvgIpc) is 3.44. The smallest absolute Gasteiger partial charge is 0.189 e. The van der Waals surface area contributed by atoms with E-state index in [2.05, 4.69) is 27.0 Å². The lowest BCUT2D eigenvalue weighted by molar-refractivity contribution is 0.507. The first-order chi connectivity index (χ1) is 13.0. The lowest BCUT2D eigenvalue weighted by Crippen LogP contribution is -2.23. The SMILES string of the molecule is CCCSc1nc(C)c(N=NC)c(N(C)C2C[C@H]2c2ccc(F)c(F)c2)n1. The molecule has 1 aromatic carbocycles. The van der Waals surface area contributed by atoms with Gasteiger partial charge in [0.2, 0.25) is 0 Å². The Kier molecular flexibility index (Phi) is 6.04. The molecule has 2 atom stereocenters. The zero-order valence-corrected chi connectivity index (χ0v) is 16.7. The van der Waals surface area contributed by atoms with Gasteiger partial charge in [0.05, 0.1) is 5.69 Å². The first kappa shape index (κ1) is 19.7. The van der Waals surface area contributed by atoms with Crippen LogP contribution in [0.2, 0.25) is 0 Å². The second-order valence-corrected chi connectivity index (χ2v) is 7.67. The van der Waals surface area contributed by atoms with Crippen molar-refractivity contribution >= 4 is 23.3 Å². The highest BCUT2D eigenvalue weighted by Crippen LogP contribution is 2.47. The largest absolute Gasteiger partial charge is 0.354 e. The van der Waals surface area contributed by atoms with Gasteiger partial charge in [-0.1, -0.05) is 24.8 Å². The van der Waals surface area contributed by atoms with Crippen molar-refractivity contribution in [3.8, 4) is 0 Å². The maximum atomic E-state index is 13.6. The minimum atomic E-state index is -0.820. The van der Waals surface area contributed by atoms with Crippen molar-refractivity contribution in [3.05, 3.63) is 41.1 Å². The topological polar surface area (TPSA) is 53.7 Å². The van der Waals surface area contributed by atoms with Crippen LogP contribution in [0.25, 0.3) is 0 Å². The quantitative estimate of drug-likeness (QED) is 0.366. The Hall–Kier alpha value is -2.09. The number of aryl methyl sites for hydroxylation is 1. The van der Waals surface area contributed by atoms with E-state index in [0.29, 0.717) is 5.69 Å². The van der Waals surface area contributed by atoms with E-state index in [1.165, 1.54) is 12.1 Å². The van der Waals surface area contributed by atoms with Crippen LogP contribution in [0.3, 0.4) is 0 Å². The Morgan fingerprint density at radius 2 is 2.04 bits per heavy atom. The number of halogens is 2. The van der Waals surface area contributed by atoms with Crippen LogP contribution in [0, 0.1) is 18.6 Å². The first-order valence-corrected chi connectivity index (χ1v) is 9.93. The summed E-state index contributed by atoms with van der Waals surface area (Å²) in [4.78, 5) is 11.3. The molecule has 5 nitrogen and oxygen atoms in total. The fraction of sp³-hybridized carbons (Fsp3) is 0.474. The summed E-state index contributed by atoms with van der Waals surface area (Å²) >= 11 is 1.61. The number of thioether (sulfide) groups is 1. The molecule has 1 aromatic heterocycles. The molecule has 2 aromatic rings. The zero-order chi connectivity index (χ0) is 19.6. The number of benzene rings is 1. The monoisotopic (exact) mass is 391 g/mol. The molecule has 0 saturated heterocycles. The van der Waals surface area contributed by atoms with Crippen molar-refractivity contribution in [1.29, 1.82) is 0 Å². The normalized spacial score (nSPS) is 18.9. The highest BCUT2D eigenvalue weighted by atomic mass is 32.2. The summed E-state index contributed by atoms with van der Waals surface area (Å²) in [7, 11) is 3.57. The number of anilines is 1. The van der Waals surface area contributed by atoms with E-state index in [-0.39, 0.29) is 12.0 Å². The molecule has 3 rings (SSSR count). The number of nitrogens with zero attached hydrogens (tertiary/aromatic N) is 5. The Morgan fingerprint density at radius 1 is 1.26 bits per heavy atom. The fourth-order valence-electron chi connectivity index (χ4n) is 3.12. The Bertz CT molecular complexity index is 858. The molecule has 1 aliphatic carbocycles. The van der Waals surface area contributed by atoms with Crippen molar-refractivity contribution < 1.29 is 8.78 Å². The number of rotatable bonds is 7. The van der Waals surface area contributed by atoms with E-state index in [1.54, 1.807) is 24.9 Å². The van der Waals surface area contributed by atoms with Crippen LogP contribution < -0.4 is 4.90 Å². The summed E-state index contributed by atoms with van der Waals surface area (Å²) in [6.07, 6.45) is 1.89. The van der Waals surface area contributed by atoms with Crippen LogP contribution in [-0.4, -0.2) is 35.9 Å². The number of azo groups is 1. The highest BCUT2D eigenvalue weighted by Gasteiger charge is 2.43. The lowest BCUT2D eigenvalue weighted by Gasteiger charge is -2.21. The maximum Gasteiger partial charge on any atom is 0.189 e. The summed E-state index contributed by atoms with van der Waals surface area (Å²) in [5.41, 5.74) is 2.23. The van der Waals surface area contributed by atoms with Crippen molar-refractivity contribution in [2.75, 3.05) is 24.7 Å². The molecule has 1 saturated carbocycles. The van der Waals surface area contributed by atoms with Crippen molar-refractivity contribution in [2.45, 2.75) is 43.8 Å². The predicted molar refractivity (Wildman–Crippen MR) is 104 cm³/mol. The first-order valence-electron chi connectivity index (χ1n) is 8.95. The molecule has 27 heavy (non-hydrogen) atoms. The second-order valence-electron chi connectivity index (χ2n) is 6.61. The van der Waals surface area contributed by atoms with Gasteiger partial charge in [0.15, 0.2) is 22.6 Å². The van der Waals surface area contributed by atoms with E-state index in [0.717, 1.165) is 40.8 Å². The summed E-state index contributed by atoms with van der Waals surface area (Å²) in [6.45, 7) is 4.02. The molecule has 0 spiro atoms. The lowest BCUT2D eigenvalue weighted by atomic mass is 10.1. The molecule has 1 fully saturated rings. The summed E-state index contributed by atoms with van der Waals surface area (Å²) in [6, 6.07) is 4.27. The molecule has 1 unspecified atom stereocenters. The molecule has 8 heteroatoms. The van der Waals surface area contributed by atoms with Crippen LogP contribution in [0.5, 0.6) is 0 Å². The molecular weight excluding hydrogens is 368 g/mol. The Balaban J connectivity index is 1.88. The predicted octanol–water partition coefficient (Wildman–Crippen LogP) is 5.27. The van der Waals surface area contributed by atoms with Gasteiger partial charge in [-0.05, 0) is 37.5 Å². The third-order valence-corrected chi connectivity index (χ3v) is 5.67. The van der Waals surface area contributed by atoms with Gasteiger partial charge in [-0.15, -0.1) is 0 Å². The van der Waals surface area contributed by atoms with Crippen LogP contribution in [-0.2, 0) is 0 Å². The summed E-state index contributed by atoms with van der Waals surface area (Å²) in [5, 5.41) is 8.84. The van der Waals surface area contributed by atoms with Gasteiger partial charge in [-0.25, -0.2) is 18.7 Å². The second kappa shape index (κ2) is 8.29. The van der Waals surface area contributed by atoms with Crippen LogP contribution in [0.4, 0.5) is 20.3 Å². The number of hydrogen-bond acceptors (Lipinski definition) is 6. The third-order valence-electron chi connectivity index (χ3n) is 4.61. The molecule has 0 radical (unpaired) electrons. The van der Waals surface area contributed by atoms with E-state index >= 15 is 0 Å². The van der Waals surface area contributed by atoms with Gasteiger partial charge >= 0.3 is 0 Å². The van der Waals surface area contributed by atoms with Crippen LogP contribution in [0.1, 0.15) is 36.9 Å². The molecule has 144 valence electrons. The van der Waals surface area contributed by atoms with E-state index in [4.69, 9.17) is 4.98 Å². The summed E-state index contributed by atoms with van der Waals surface area (Å²) < 4.78 is 26.8. The standard InChI is InChI=1S/C19H23F2N5S/c1-5-8-27-19-23-11(2)17(25-22-3)18(24-19)26(4)16-10-13(16)12-6-7-14(20)15(21)9-12/h6-7,9,13,16H,5,8,10H2,1-4H3/t13-,16?/m0/s1. The van der Waals surface area contributed by atoms with Crippen molar-refractivity contribution in [2.24, 2.45) is 10.2 Å². The van der Waals surface area contributed by atoms with E-state index in [9.17, 15) is 8.78 Å². The van der Waals surface area contributed by atoms with E-state index < -0.39 is 11.6 Å². The molecule has 0 amide bonds. The van der Waals surface area contributed by atoms with Gasteiger partial charge in [0.25, 0.3) is 0 Å². The molecule has 1 aliphatic rings. The maximum absolute atomic E-state index is 13.6. The molecular formula is C19H23F2N5S. The van der Waals surface area contributed by atoms with Gasteiger partial charge in [-0.2, -0.15) is 10.2 Å². The van der Waals surface area contributed by atoms with Gasteiger partial charge in [0, 0.05) is 31.8 Å². The van der Waals surface area contributed by atoms with Gasteiger partial charge in [0.1, 0.15) is 5.69 Å². The molecule has 1 heterocycles. The van der Waals surface area contributed by atoms with Gasteiger partial charge < -0.3 is 4.90 Å². The average molecular weight is 391 g/mol. The molecule has 0 bridgehead atoms. The van der Waals surface area contributed by atoms with Crippen LogP contribution in [0.15, 0.2) is 33.6 Å². The number of likely N-dealkylation sites (N-methyl/N-ethyl adjacent to an activating group) is 1. The van der Waals surface area contributed by atoms with Crippen molar-refractivity contribution in [1.82, 2.24) is 9.97 Å². The van der Waals surface area contributed by atoms with Crippen LogP contribution >= 0.6 is 11.8 Å². The minimum Gasteiger partial charge on any atom is -0.354 e. The fourth-order valence-corrected chi connectivity index (χ4v) is 3.85. The zero-order valence-electron chi connectivity index (χ0n) is 15.9. The molecule has 0 N–H and O–H groups in total. The third kappa shape index (κ3) is 4.26. The highest BCUT2D eigenvalue weighted by molar-refractivity contribution is 7.99. The molecule has 0 aliphatic heterocycles.